The fraction of sp³-hybridized carbons (Fsp3) is 0.409. The predicted molar refractivity (Wildman–Crippen MR) is 114 cm³/mol. The Morgan fingerprint density at radius 1 is 1.23 bits per heavy atom. The normalized spacial score (nSPS) is 20.3. The first-order valence-electron chi connectivity index (χ1n) is 10.3. The Kier molecular flexibility index (Phi) is 6.43. The number of carbonyl (C=O) groups excluding carboxylic acids is 1. The van der Waals surface area contributed by atoms with Gasteiger partial charge in [-0.15, -0.1) is 0 Å². The molecule has 2 amide bonds. The van der Waals surface area contributed by atoms with Crippen LogP contribution in [0.1, 0.15) is 24.1 Å². The quantitative estimate of drug-likeness (QED) is 0.793. The van der Waals surface area contributed by atoms with Gasteiger partial charge < -0.3 is 14.8 Å². The van der Waals surface area contributed by atoms with Crippen molar-refractivity contribution in [2.24, 2.45) is 5.10 Å². The minimum atomic E-state index is -0.304. The minimum absolute atomic E-state index is 0.0712. The maximum atomic E-state index is 13.4. The standard InChI is InChI=1S/C22H26FN5O3/c1-15(17-5-8-20(30-2)24-13-17)25-22(29)28-14-19(27-9-11-31-12-10-27)21(26-28)16-3-6-18(23)7-4-16/h3-8,13,15,19H,9-12,14H2,1-2H3,(H,25,29)/t15-,19-/m1/s1. The lowest BCUT2D eigenvalue weighted by Crippen LogP contribution is -2.49. The van der Waals surface area contributed by atoms with E-state index in [-0.39, 0.29) is 23.9 Å². The lowest BCUT2D eigenvalue weighted by Gasteiger charge is -2.32. The van der Waals surface area contributed by atoms with E-state index in [4.69, 9.17) is 9.47 Å². The van der Waals surface area contributed by atoms with Crippen molar-refractivity contribution in [1.82, 2.24) is 20.2 Å². The molecule has 3 heterocycles. The van der Waals surface area contributed by atoms with E-state index in [2.05, 4.69) is 20.3 Å². The third-order valence-corrected chi connectivity index (χ3v) is 5.56. The van der Waals surface area contributed by atoms with Crippen LogP contribution in [0.25, 0.3) is 0 Å². The fourth-order valence-electron chi connectivity index (χ4n) is 3.78. The molecule has 0 spiro atoms. The van der Waals surface area contributed by atoms with Crippen LogP contribution in [0.5, 0.6) is 5.88 Å². The molecule has 4 rings (SSSR count). The first-order valence-corrected chi connectivity index (χ1v) is 10.3. The van der Waals surface area contributed by atoms with Crippen molar-refractivity contribution < 1.29 is 18.7 Å². The van der Waals surface area contributed by atoms with Crippen LogP contribution in [0.3, 0.4) is 0 Å². The van der Waals surface area contributed by atoms with Gasteiger partial charge >= 0.3 is 6.03 Å². The molecule has 31 heavy (non-hydrogen) atoms. The van der Waals surface area contributed by atoms with Gasteiger partial charge in [0.05, 0.1) is 44.7 Å². The monoisotopic (exact) mass is 427 g/mol. The molecule has 2 aromatic rings. The van der Waals surface area contributed by atoms with Gasteiger partial charge in [-0.1, -0.05) is 18.2 Å². The SMILES string of the molecule is COc1ccc([C@@H](C)NC(=O)N2C[C@@H](N3CCOCC3)C(c3ccc(F)cc3)=N2)cn1. The number of hydrogen-bond donors (Lipinski definition) is 1. The molecule has 1 saturated heterocycles. The molecule has 2 aliphatic heterocycles. The number of nitrogens with one attached hydrogen (secondary N) is 1. The van der Waals surface area contributed by atoms with E-state index in [0.29, 0.717) is 25.6 Å². The second-order valence-electron chi connectivity index (χ2n) is 7.54. The summed E-state index contributed by atoms with van der Waals surface area (Å²) in [5.74, 6) is 0.213. The predicted octanol–water partition coefficient (Wildman–Crippen LogP) is 2.42. The molecule has 0 bridgehead atoms. The highest BCUT2D eigenvalue weighted by Crippen LogP contribution is 2.22. The van der Waals surface area contributed by atoms with Crippen molar-refractivity contribution in [2.75, 3.05) is 40.0 Å². The van der Waals surface area contributed by atoms with Crippen LogP contribution in [-0.2, 0) is 4.74 Å². The van der Waals surface area contributed by atoms with E-state index < -0.39 is 0 Å². The van der Waals surface area contributed by atoms with Crippen LogP contribution in [0.15, 0.2) is 47.7 Å². The number of morpholine rings is 1. The molecule has 0 radical (unpaired) electrons. The average Bonchev–Trinajstić information content (AvgIpc) is 3.26. The summed E-state index contributed by atoms with van der Waals surface area (Å²) in [6.45, 7) is 5.11. The summed E-state index contributed by atoms with van der Waals surface area (Å²) >= 11 is 0. The number of aromatic nitrogens is 1. The van der Waals surface area contributed by atoms with Gasteiger partial charge in [-0.05, 0) is 30.2 Å². The molecule has 2 atom stereocenters. The van der Waals surface area contributed by atoms with E-state index in [9.17, 15) is 9.18 Å². The molecule has 1 aromatic heterocycles. The molecular formula is C22H26FN5O3. The van der Waals surface area contributed by atoms with Crippen molar-refractivity contribution >= 4 is 11.7 Å². The van der Waals surface area contributed by atoms with Crippen molar-refractivity contribution in [1.29, 1.82) is 0 Å². The highest BCUT2D eigenvalue weighted by atomic mass is 19.1. The molecule has 8 nitrogen and oxygen atoms in total. The largest absolute Gasteiger partial charge is 0.481 e. The number of pyridine rings is 1. The summed E-state index contributed by atoms with van der Waals surface area (Å²) in [4.78, 5) is 19.4. The number of rotatable bonds is 5. The molecule has 1 aromatic carbocycles. The molecule has 9 heteroatoms. The van der Waals surface area contributed by atoms with Crippen LogP contribution < -0.4 is 10.1 Å². The highest BCUT2D eigenvalue weighted by molar-refractivity contribution is 6.06. The Balaban J connectivity index is 1.51. The third-order valence-electron chi connectivity index (χ3n) is 5.56. The zero-order valence-electron chi connectivity index (χ0n) is 17.6. The van der Waals surface area contributed by atoms with Gasteiger partial charge in [0, 0.05) is 25.4 Å². The molecule has 0 saturated carbocycles. The molecule has 0 aliphatic carbocycles. The number of carbonyl (C=O) groups is 1. The summed E-state index contributed by atoms with van der Waals surface area (Å²) in [5, 5.41) is 9.04. The lowest BCUT2D eigenvalue weighted by molar-refractivity contribution is 0.0277. The molecular weight excluding hydrogens is 401 g/mol. The van der Waals surface area contributed by atoms with Gasteiger partial charge in [0.1, 0.15) is 5.82 Å². The van der Waals surface area contributed by atoms with E-state index in [1.807, 2.05) is 13.0 Å². The van der Waals surface area contributed by atoms with Gasteiger partial charge in [-0.2, -0.15) is 5.10 Å². The number of hydrogen-bond acceptors (Lipinski definition) is 6. The van der Waals surface area contributed by atoms with Gasteiger partial charge in [0.2, 0.25) is 5.88 Å². The van der Waals surface area contributed by atoms with Crippen LogP contribution in [0.2, 0.25) is 0 Å². The maximum absolute atomic E-state index is 13.4. The number of halogens is 1. The van der Waals surface area contributed by atoms with E-state index in [1.165, 1.54) is 17.1 Å². The average molecular weight is 427 g/mol. The van der Waals surface area contributed by atoms with Crippen molar-refractivity contribution in [3.63, 3.8) is 0 Å². The number of methoxy groups -OCH3 is 1. The summed E-state index contributed by atoms with van der Waals surface area (Å²) in [6, 6.07) is 9.24. The zero-order chi connectivity index (χ0) is 21.8. The molecule has 164 valence electrons. The van der Waals surface area contributed by atoms with Gasteiger partial charge in [0.15, 0.2) is 0 Å². The first kappa shape index (κ1) is 21.2. The number of benzene rings is 1. The lowest BCUT2D eigenvalue weighted by atomic mass is 10.0. The Bertz CT molecular complexity index is 929. The van der Waals surface area contributed by atoms with E-state index in [0.717, 1.165) is 29.9 Å². The van der Waals surface area contributed by atoms with Crippen molar-refractivity contribution in [3.05, 3.63) is 59.5 Å². The Labute approximate surface area is 180 Å². The Morgan fingerprint density at radius 2 is 1.97 bits per heavy atom. The summed E-state index contributed by atoms with van der Waals surface area (Å²) in [5.41, 5.74) is 2.43. The second-order valence-corrected chi connectivity index (χ2v) is 7.54. The van der Waals surface area contributed by atoms with E-state index in [1.54, 1.807) is 31.5 Å². The Hall–Kier alpha value is -3.04. The molecule has 1 fully saturated rings. The maximum Gasteiger partial charge on any atom is 0.338 e. The number of nitrogens with zero attached hydrogens (tertiary/aromatic N) is 4. The number of hydrazone groups is 1. The summed E-state index contributed by atoms with van der Waals surface area (Å²) in [7, 11) is 1.56. The van der Waals surface area contributed by atoms with Gasteiger partial charge in [-0.3, -0.25) is 4.90 Å². The summed E-state index contributed by atoms with van der Waals surface area (Å²) in [6.07, 6.45) is 1.68. The van der Waals surface area contributed by atoms with Crippen LogP contribution in [0, 0.1) is 5.82 Å². The number of amides is 2. The smallest absolute Gasteiger partial charge is 0.338 e. The van der Waals surface area contributed by atoms with Crippen LogP contribution in [0.4, 0.5) is 9.18 Å². The van der Waals surface area contributed by atoms with Crippen molar-refractivity contribution in [2.45, 2.75) is 19.0 Å². The number of ether oxygens (including phenoxy) is 2. The zero-order valence-corrected chi connectivity index (χ0v) is 17.6. The Morgan fingerprint density at radius 3 is 2.61 bits per heavy atom. The topological polar surface area (TPSA) is 79.3 Å². The molecule has 1 N–H and O–H groups in total. The fourth-order valence-corrected chi connectivity index (χ4v) is 3.78. The first-order chi connectivity index (χ1) is 15.0. The van der Waals surface area contributed by atoms with Gasteiger partial charge in [0.25, 0.3) is 0 Å². The molecule has 0 unspecified atom stereocenters. The van der Waals surface area contributed by atoms with Crippen LogP contribution >= 0.6 is 0 Å². The third kappa shape index (κ3) is 4.83. The van der Waals surface area contributed by atoms with E-state index >= 15 is 0 Å². The van der Waals surface area contributed by atoms with Crippen LogP contribution in [-0.4, -0.2) is 72.6 Å². The minimum Gasteiger partial charge on any atom is -0.481 e. The number of urea groups is 1. The molecule has 2 aliphatic rings. The second kappa shape index (κ2) is 9.40. The van der Waals surface area contributed by atoms with Crippen molar-refractivity contribution in [3.8, 4) is 5.88 Å². The summed E-state index contributed by atoms with van der Waals surface area (Å²) < 4.78 is 24.0. The highest BCUT2D eigenvalue weighted by Gasteiger charge is 2.36. The van der Waals surface area contributed by atoms with Gasteiger partial charge in [-0.25, -0.2) is 19.2 Å².